The van der Waals surface area contributed by atoms with Crippen molar-refractivity contribution in [2.45, 2.75) is 32.6 Å². The maximum atomic E-state index is 13.1. The number of rotatable bonds is 9. The quantitative estimate of drug-likeness (QED) is 0.659. The van der Waals surface area contributed by atoms with E-state index in [1.807, 2.05) is 0 Å². The summed E-state index contributed by atoms with van der Waals surface area (Å²) in [6.07, 6.45) is 2.95. The molecular formula is C20H23FN2O3. The predicted octanol–water partition coefficient (Wildman–Crippen LogP) is 4.25. The first kappa shape index (κ1) is 19.4. The van der Waals surface area contributed by atoms with Crippen molar-refractivity contribution in [3.63, 3.8) is 0 Å². The van der Waals surface area contributed by atoms with E-state index in [0.717, 1.165) is 19.3 Å². The monoisotopic (exact) mass is 358 g/mol. The highest BCUT2D eigenvalue weighted by molar-refractivity contribution is 5.90. The van der Waals surface area contributed by atoms with Crippen LogP contribution in [0.3, 0.4) is 0 Å². The highest BCUT2D eigenvalue weighted by Crippen LogP contribution is 2.23. The summed E-state index contributed by atoms with van der Waals surface area (Å²) < 4.78 is 18.7. The molecule has 0 aliphatic carbocycles. The van der Waals surface area contributed by atoms with Crippen LogP contribution >= 0.6 is 0 Å². The van der Waals surface area contributed by atoms with E-state index in [1.54, 1.807) is 36.4 Å². The molecule has 0 aliphatic heterocycles. The molecule has 0 bridgehead atoms. The van der Waals surface area contributed by atoms with Gasteiger partial charge in [0.25, 0.3) is 0 Å². The van der Waals surface area contributed by atoms with Gasteiger partial charge in [-0.3, -0.25) is 9.59 Å². The summed E-state index contributed by atoms with van der Waals surface area (Å²) in [5.74, 6) is 0.534. The van der Waals surface area contributed by atoms with Crippen LogP contribution in [0.2, 0.25) is 0 Å². The Bertz CT molecular complexity index is 732. The van der Waals surface area contributed by atoms with Crippen LogP contribution in [0.5, 0.6) is 11.5 Å². The number of anilines is 1. The van der Waals surface area contributed by atoms with Crippen LogP contribution in [0, 0.1) is 5.82 Å². The number of hydrogen-bond donors (Lipinski definition) is 2. The second-order valence-corrected chi connectivity index (χ2v) is 5.93. The van der Waals surface area contributed by atoms with Crippen LogP contribution in [0.4, 0.5) is 10.1 Å². The summed E-state index contributed by atoms with van der Waals surface area (Å²) in [7, 11) is 0. The molecule has 2 amide bonds. The zero-order chi connectivity index (χ0) is 18.8. The number of carbonyl (C=O) groups excluding carboxylic acids is 2. The Morgan fingerprint density at radius 3 is 2.46 bits per heavy atom. The van der Waals surface area contributed by atoms with E-state index in [-0.39, 0.29) is 17.6 Å². The molecule has 2 aromatic carbocycles. The molecule has 5 nitrogen and oxygen atoms in total. The number of unbranched alkanes of at least 4 members (excludes halogenated alkanes) is 2. The molecule has 6 heteroatoms. The van der Waals surface area contributed by atoms with Crippen molar-refractivity contribution in [1.29, 1.82) is 0 Å². The molecule has 0 unspecified atom stereocenters. The molecular weight excluding hydrogens is 335 g/mol. The van der Waals surface area contributed by atoms with Crippen molar-refractivity contribution in [3.8, 4) is 11.5 Å². The molecule has 0 saturated heterocycles. The predicted molar refractivity (Wildman–Crippen MR) is 98.7 cm³/mol. The highest BCUT2D eigenvalue weighted by atomic mass is 19.1. The molecule has 2 aromatic rings. The summed E-state index contributed by atoms with van der Waals surface area (Å²) >= 11 is 0. The van der Waals surface area contributed by atoms with Crippen molar-refractivity contribution < 1.29 is 18.7 Å². The largest absolute Gasteiger partial charge is 0.457 e. The maximum Gasteiger partial charge on any atom is 0.224 e. The molecule has 0 radical (unpaired) electrons. The summed E-state index contributed by atoms with van der Waals surface area (Å²) in [5.41, 5.74) is 0.680. The van der Waals surface area contributed by atoms with Crippen LogP contribution in [-0.4, -0.2) is 18.4 Å². The Balaban J connectivity index is 1.71. The molecule has 0 fully saturated rings. The molecule has 0 atom stereocenters. The minimum atomic E-state index is -0.358. The van der Waals surface area contributed by atoms with E-state index in [0.29, 0.717) is 30.2 Å². The SMILES string of the molecule is CC(=O)NCCCCCC(=O)Nc1ccc(Oc2cccc(F)c2)cc1. The molecule has 26 heavy (non-hydrogen) atoms. The number of benzene rings is 2. The Kier molecular flexibility index (Phi) is 7.61. The van der Waals surface area contributed by atoms with Crippen molar-refractivity contribution >= 4 is 17.5 Å². The Morgan fingerprint density at radius 2 is 1.77 bits per heavy atom. The van der Waals surface area contributed by atoms with E-state index in [9.17, 15) is 14.0 Å². The van der Waals surface area contributed by atoms with Gasteiger partial charge in [0.1, 0.15) is 17.3 Å². The van der Waals surface area contributed by atoms with Crippen molar-refractivity contribution in [3.05, 3.63) is 54.3 Å². The number of hydrogen-bond acceptors (Lipinski definition) is 3. The zero-order valence-corrected chi connectivity index (χ0v) is 14.8. The molecule has 0 aliphatic rings. The van der Waals surface area contributed by atoms with Crippen LogP contribution in [0.25, 0.3) is 0 Å². The second kappa shape index (κ2) is 10.2. The molecule has 0 heterocycles. The number of halogens is 1. The van der Waals surface area contributed by atoms with Gasteiger partial charge in [0.2, 0.25) is 11.8 Å². The fourth-order valence-corrected chi connectivity index (χ4v) is 2.35. The van der Waals surface area contributed by atoms with Crippen LogP contribution in [0.15, 0.2) is 48.5 Å². The number of nitrogens with one attached hydrogen (secondary N) is 2. The lowest BCUT2D eigenvalue weighted by molar-refractivity contribution is -0.119. The van der Waals surface area contributed by atoms with E-state index in [1.165, 1.54) is 19.1 Å². The van der Waals surface area contributed by atoms with E-state index >= 15 is 0 Å². The van der Waals surface area contributed by atoms with Gasteiger partial charge in [-0.2, -0.15) is 0 Å². The normalized spacial score (nSPS) is 10.2. The third-order valence-electron chi connectivity index (χ3n) is 3.62. The third kappa shape index (κ3) is 7.34. The summed E-state index contributed by atoms with van der Waals surface area (Å²) in [6.45, 7) is 2.13. The number of carbonyl (C=O) groups is 2. The van der Waals surface area contributed by atoms with Gasteiger partial charge in [0, 0.05) is 31.6 Å². The maximum absolute atomic E-state index is 13.1. The Labute approximate surface area is 152 Å². The minimum absolute atomic E-state index is 0.0347. The highest BCUT2D eigenvalue weighted by Gasteiger charge is 2.04. The fraction of sp³-hybridized carbons (Fsp3) is 0.300. The zero-order valence-electron chi connectivity index (χ0n) is 14.8. The van der Waals surface area contributed by atoms with Gasteiger partial charge in [-0.1, -0.05) is 12.5 Å². The van der Waals surface area contributed by atoms with E-state index in [2.05, 4.69) is 10.6 Å². The number of ether oxygens (including phenoxy) is 1. The van der Waals surface area contributed by atoms with Gasteiger partial charge in [0.15, 0.2) is 0 Å². The van der Waals surface area contributed by atoms with Crippen LogP contribution < -0.4 is 15.4 Å². The van der Waals surface area contributed by atoms with Gasteiger partial charge in [-0.05, 0) is 49.2 Å². The van der Waals surface area contributed by atoms with Crippen LogP contribution in [-0.2, 0) is 9.59 Å². The average molecular weight is 358 g/mol. The van der Waals surface area contributed by atoms with E-state index < -0.39 is 0 Å². The van der Waals surface area contributed by atoms with Gasteiger partial charge < -0.3 is 15.4 Å². The van der Waals surface area contributed by atoms with Crippen molar-refractivity contribution in [2.75, 3.05) is 11.9 Å². The average Bonchev–Trinajstić information content (AvgIpc) is 2.59. The molecule has 2 rings (SSSR count). The second-order valence-electron chi connectivity index (χ2n) is 5.93. The number of amides is 2. The van der Waals surface area contributed by atoms with Gasteiger partial charge >= 0.3 is 0 Å². The van der Waals surface area contributed by atoms with Gasteiger partial charge in [-0.15, -0.1) is 0 Å². The molecule has 0 spiro atoms. The smallest absolute Gasteiger partial charge is 0.224 e. The fourth-order valence-electron chi connectivity index (χ4n) is 2.35. The first-order chi connectivity index (χ1) is 12.5. The van der Waals surface area contributed by atoms with Crippen molar-refractivity contribution in [1.82, 2.24) is 5.32 Å². The molecule has 2 N–H and O–H groups in total. The summed E-state index contributed by atoms with van der Waals surface area (Å²) in [6, 6.07) is 12.8. The topological polar surface area (TPSA) is 67.4 Å². The Hall–Kier alpha value is -2.89. The third-order valence-corrected chi connectivity index (χ3v) is 3.62. The lowest BCUT2D eigenvalue weighted by Crippen LogP contribution is -2.20. The minimum Gasteiger partial charge on any atom is -0.457 e. The summed E-state index contributed by atoms with van der Waals surface area (Å²) in [5, 5.41) is 5.55. The lowest BCUT2D eigenvalue weighted by atomic mass is 10.2. The van der Waals surface area contributed by atoms with Crippen molar-refractivity contribution in [2.24, 2.45) is 0 Å². The molecule has 0 saturated carbocycles. The van der Waals surface area contributed by atoms with E-state index in [4.69, 9.17) is 4.74 Å². The first-order valence-electron chi connectivity index (χ1n) is 8.61. The molecule has 0 aromatic heterocycles. The standard InChI is InChI=1S/C20H23FN2O3/c1-15(24)22-13-4-2-3-8-20(25)23-17-9-11-18(12-10-17)26-19-7-5-6-16(21)14-19/h5-7,9-12,14H,2-4,8,13H2,1H3,(H,22,24)(H,23,25). The van der Waals surface area contributed by atoms with Gasteiger partial charge in [0.05, 0.1) is 0 Å². The van der Waals surface area contributed by atoms with Gasteiger partial charge in [-0.25, -0.2) is 4.39 Å². The molecule has 138 valence electrons. The summed E-state index contributed by atoms with van der Waals surface area (Å²) in [4.78, 5) is 22.6. The van der Waals surface area contributed by atoms with Crippen LogP contribution in [0.1, 0.15) is 32.6 Å². The lowest BCUT2D eigenvalue weighted by Gasteiger charge is -2.08. The first-order valence-corrected chi connectivity index (χ1v) is 8.61. The Morgan fingerprint density at radius 1 is 1.00 bits per heavy atom.